The zero-order valence-corrected chi connectivity index (χ0v) is 17.9. The van der Waals surface area contributed by atoms with Gasteiger partial charge >= 0.3 is 0 Å². The van der Waals surface area contributed by atoms with E-state index in [0.717, 1.165) is 35.5 Å². The molecule has 148 valence electrons. The number of rotatable bonds is 6. The topological polar surface area (TPSA) is 59.4 Å². The van der Waals surface area contributed by atoms with Crippen LogP contribution in [0.3, 0.4) is 0 Å². The Morgan fingerprint density at radius 3 is 2.64 bits per heavy atom. The SMILES string of the molecule is C[C@H]1CCc2c(sc(NC(=O)CN(C)Cc3ccc(N(C)C)cc3)c2C#N)C1. The molecule has 0 fully saturated rings. The summed E-state index contributed by atoms with van der Waals surface area (Å²) in [7, 11) is 5.97. The average Bonchev–Trinajstić information content (AvgIpc) is 2.97. The van der Waals surface area contributed by atoms with Gasteiger partial charge in [0, 0.05) is 31.2 Å². The van der Waals surface area contributed by atoms with Crippen LogP contribution in [0, 0.1) is 17.2 Å². The van der Waals surface area contributed by atoms with E-state index in [-0.39, 0.29) is 5.91 Å². The Bertz CT molecular complexity index is 879. The van der Waals surface area contributed by atoms with Gasteiger partial charge in [-0.25, -0.2) is 0 Å². The quantitative estimate of drug-likeness (QED) is 0.805. The summed E-state index contributed by atoms with van der Waals surface area (Å²) in [6.07, 6.45) is 3.06. The highest BCUT2D eigenvalue weighted by atomic mass is 32.1. The maximum absolute atomic E-state index is 12.5. The molecule has 1 aromatic heterocycles. The van der Waals surface area contributed by atoms with Gasteiger partial charge in [0.1, 0.15) is 11.1 Å². The van der Waals surface area contributed by atoms with Crippen molar-refractivity contribution in [3.8, 4) is 6.07 Å². The molecule has 0 saturated heterocycles. The molecule has 0 saturated carbocycles. The average molecular weight is 397 g/mol. The van der Waals surface area contributed by atoms with Crippen molar-refractivity contribution in [2.24, 2.45) is 5.92 Å². The van der Waals surface area contributed by atoms with Crippen molar-refractivity contribution in [2.75, 3.05) is 37.9 Å². The van der Waals surface area contributed by atoms with Gasteiger partial charge in [0.2, 0.25) is 5.91 Å². The minimum atomic E-state index is -0.0736. The lowest BCUT2D eigenvalue weighted by atomic mass is 9.89. The predicted molar refractivity (Wildman–Crippen MR) is 116 cm³/mol. The number of thiophene rings is 1. The number of anilines is 2. The Labute approximate surface area is 171 Å². The minimum Gasteiger partial charge on any atom is -0.378 e. The summed E-state index contributed by atoms with van der Waals surface area (Å²) in [5.41, 5.74) is 4.14. The molecule has 6 heteroatoms. The molecule has 1 amide bonds. The Kier molecular flexibility index (Phi) is 6.38. The highest BCUT2D eigenvalue weighted by molar-refractivity contribution is 7.16. The first-order valence-electron chi connectivity index (χ1n) is 9.66. The van der Waals surface area contributed by atoms with E-state index in [1.165, 1.54) is 10.4 Å². The van der Waals surface area contributed by atoms with Crippen molar-refractivity contribution >= 4 is 27.9 Å². The number of nitrogens with one attached hydrogen (secondary N) is 1. The van der Waals surface area contributed by atoms with Gasteiger partial charge in [-0.15, -0.1) is 11.3 Å². The van der Waals surface area contributed by atoms with Crippen LogP contribution in [0.2, 0.25) is 0 Å². The summed E-state index contributed by atoms with van der Waals surface area (Å²) in [5.74, 6) is 0.571. The first kappa shape index (κ1) is 20.4. The Balaban J connectivity index is 1.60. The molecule has 3 rings (SSSR count). The van der Waals surface area contributed by atoms with E-state index in [1.54, 1.807) is 11.3 Å². The fraction of sp³-hybridized carbons (Fsp3) is 0.455. The van der Waals surface area contributed by atoms with Gasteiger partial charge in [-0.3, -0.25) is 9.69 Å². The second-order valence-corrected chi connectivity index (χ2v) is 9.05. The van der Waals surface area contributed by atoms with Crippen LogP contribution in [-0.2, 0) is 24.2 Å². The molecule has 0 radical (unpaired) electrons. The summed E-state index contributed by atoms with van der Waals surface area (Å²) < 4.78 is 0. The minimum absolute atomic E-state index is 0.0736. The monoisotopic (exact) mass is 396 g/mol. The summed E-state index contributed by atoms with van der Waals surface area (Å²) in [6.45, 7) is 3.23. The lowest BCUT2D eigenvalue weighted by Gasteiger charge is -2.17. The van der Waals surface area contributed by atoms with Gasteiger partial charge in [-0.05, 0) is 55.5 Å². The number of hydrogen-bond acceptors (Lipinski definition) is 5. The lowest BCUT2D eigenvalue weighted by Crippen LogP contribution is -2.29. The van der Waals surface area contributed by atoms with E-state index in [4.69, 9.17) is 0 Å². The van der Waals surface area contributed by atoms with Gasteiger partial charge in [0.05, 0.1) is 12.1 Å². The van der Waals surface area contributed by atoms with Crippen LogP contribution >= 0.6 is 11.3 Å². The highest BCUT2D eigenvalue weighted by Gasteiger charge is 2.24. The molecule has 1 aliphatic carbocycles. The predicted octanol–water partition coefficient (Wildman–Crippen LogP) is 3.88. The smallest absolute Gasteiger partial charge is 0.239 e. The normalized spacial score (nSPS) is 15.8. The molecular formula is C22H28N4OS. The number of hydrogen-bond donors (Lipinski definition) is 1. The van der Waals surface area contributed by atoms with Crippen LogP contribution in [-0.4, -0.2) is 38.5 Å². The Hall–Kier alpha value is -2.36. The third kappa shape index (κ3) is 4.73. The third-order valence-electron chi connectivity index (χ3n) is 5.20. The van der Waals surface area contributed by atoms with Gasteiger partial charge in [0.15, 0.2) is 0 Å². The summed E-state index contributed by atoms with van der Waals surface area (Å²) in [4.78, 5) is 17.9. The Morgan fingerprint density at radius 1 is 1.29 bits per heavy atom. The van der Waals surface area contributed by atoms with E-state index in [2.05, 4.69) is 47.5 Å². The highest BCUT2D eigenvalue weighted by Crippen LogP contribution is 2.39. The second kappa shape index (κ2) is 8.76. The largest absolute Gasteiger partial charge is 0.378 e. The summed E-state index contributed by atoms with van der Waals surface area (Å²) in [5, 5.41) is 13.3. The molecule has 1 atom stereocenters. The number of carbonyl (C=O) groups excluding carboxylic acids is 1. The van der Waals surface area contributed by atoms with E-state index in [9.17, 15) is 10.1 Å². The zero-order chi connectivity index (χ0) is 20.3. The van der Waals surface area contributed by atoms with Crippen molar-refractivity contribution in [3.63, 3.8) is 0 Å². The number of amides is 1. The molecule has 5 nitrogen and oxygen atoms in total. The molecule has 0 bridgehead atoms. The van der Waals surface area contributed by atoms with Crippen molar-refractivity contribution < 1.29 is 4.79 Å². The van der Waals surface area contributed by atoms with Crippen LogP contribution < -0.4 is 10.2 Å². The molecule has 1 N–H and O–H groups in total. The molecule has 1 aliphatic rings. The fourth-order valence-corrected chi connectivity index (χ4v) is 5.01. The first-order chi connectivity index (χ1) is 13.4. The number of likely N-dealkylation sites (N-methyl/N-ethyl adjacent to an activating group) is 1. The number of carbonyl (C=O) groups is 1. The Morgan fingerprint density at radius 2 is 2.00 bits per heavy atom. The van der Waals surface area contributed by atoms with Crippen LogP contribution in [0.25, 0.3) is 0 Å². The van der Waals surface area contributed by atoms with E-state index < -0.39 is 0 Å². The van der Waals surface area contributed by atoms with Gasteiger partial charge < -0.3 is 10.2 Å². The molecule has 28 heavy (non-hydrogen) atoms. The number of nitrogens with zero attached hydrogens (tertiary/aromatic N) is 3. The molecule has 1 aromatic carbocycles. The molecule has 1 heterocycles. The van der Waals surface area contributed by atoms with Crippen molar-refractivity contribution in [2.45, 2.75) is 32.7 Å². The third-order valence-corrected chi connectivity index (χ3v) is 6.36. The van der Waals surface area contributed by atoms with Crippen LogP contribution in [0.15, 0.2) is 24.3 Å². The lowest BCUT2D eigenvalue weighted by molar-refractivity contribution is -0.117. The van der Waals surface area contributed by atoms with E-state index in [1.807, 2.05) is 26.0 Å². The first-order valence-corrected chi connectivity index (χ1v) is 10.5. The van der Waals surface area contributed by atoms with Gasteiger partial charge in [-0.2, -0.15) is 5.26 Å². The van der Waals surface area contributed by atoms with Crippen LogP contribution in [0.1, 0.15) is 34.9 Å². The van der Waals surface area contributed by atoms with Gasteiger partial charge in [-0.1, -0.05) is 19.1 Å². The van der Waals surface area contributed by atoms with Crippen molar-refractivity contribution in [1.82, 2.24) is 4.90 Å². The molecule has 0 unspecified atom stereocenters. The number of nitriles is 1. The van der Waals surface area contributed by atoms with E-state index in [0.29, 0.717) is 24.6 Å². The summed E-state index contributed by atoms with van der Waals surface area (Å²) in [6, 6.07) is 10.7. The molecular weight excluding hydrogens is 368 g/mol. The number of benzene rings is 1. The molecule has 2 aromatic rings. The van der Waals surface area contributed by atoms with Crippen molar-refractivity contribution in [3.05, 3.63) is 45.8 Å². The maximum Gasteiger partial charge on any atom is 0.239 e. The van der Waals surface area contributed by atoms with Crippen LogP contribution in [0.5, 0.6) is 0 Å². The maximum atomic E-state index is 12.5. The van der Waals surface area contributed by atoms with Crippen molar-refractivity contribution in [1.29, 1.82) is 5.26 Å². The fourth-order valence-electron chi connectivity index (χ4n) is 3.64. The molecule has 0 spiro atoms. The summed E-state index contributed by atoms with van der Waals surface area (Å²) >= 11 is 1.58. The second-order valence-electron chi connectivity index (χ2n) is 7.95. The zero-order valence-electron chi connectivity index (χ0n) is 17.1. The molecule has 0 aliphatic heterocycles. The number of fused-ring (bicyclic) bond motifs is 1. The van der Waals surface area contributed by atoms with Crippen LogP contribution in [0.4, 0.5) is 10.7 Å². The van der Waals surface area contributed by atoms with E-state index >= 15 is 0 Å². The van der Waals surface area contributed by atoms with Gasteiger partial charge in [0.25, 0.3) is 0 Å². The standard InChI is InChI=1S/C22H28N4OS/c1-15-5-10-18-19(12-23)22(28-20(18)11-15)24-21(27)14-26(4)13-16-6-8-17(9-7-16)25(2)3/h6-9,15H,5,10-11,13-14H2,1-4H3,(H,24,27)/t15-/m0/s1.